The summed E-state index contributed by atoms with van der Waals surface area (Å²) in [5.41, 5.74) is -0.195. The summed E-state index contributed by atoms with van der Waals surface area (Å²) in [5.74, 6) is 0.330. The Morgan fingerprint density at radius 3 is 2.08 bits per heavy atom. The molecule has 0 saturated carbocycles. The first kappa shape index (κ1) is 11.9. The molecule has 0 radical (unpaired) electrons. The summed E-state index contributed by atoms with van der Waals surface area (Å²) in [4.78, 5) is 11.3. The highest BCUT2D eigenvalue weighted by Gasteiger charge is 2.38. The molecule has 0 aromatic carbocycles. The molecule has 1 fully saturated rings. The summed E-state index contributed by atoms with van der Waals surface area (Å²) in [6.07, 6.45) is 1.67. The molecule has 1 N–H and O–H groups in total. The molecule has 3 heteroatoms. The number of hydrogen-bond donors (Lipinski definition) is 1. The minimum absolute atomic E-state index is 0. The Bertz CT molecular complexity index is 187. The Labute approximate surface area is 80.5 Å². The molecule has 0 bridgehead atoms. The van der Waals surface area contributed by atoms with Gasteiger partial charge in [0.05, 0.1) is 5.54 Å². The summed E-state index contributed by atoms with van der Waals surface area (Å²) < 4.78 is 0. The van der Waals surface area contributed by atoms with E-state index in [1.165, 1.54) is 0 Å². The van der Waals surface area contributed by atoms with Gasteiger partial charge in [0.25, 0.3) is 0 Å². The lowest BCUT2D eigenvalue weighted by Gasteiger charge is -2.41. The lowest BCUT2D eigenvalue weighted by Crippen LogP contribution is -2.60. The van der Waals surface area contributed by atoms with Crippen LogP contribution in [0.1, 0.15) is 40.5 Å². The third-order valence-corrected chi connectivity index (χ3v) is 2.33. The predicted molar refractivity (Wildman–Crippen MR) is 52.8 cm³/mol. The first-order valence-electron chi connectivity index (χ1n) is 4.16. The van der Waals surface area contributed by atoms with Gasteiger partial charge in [0.2, 0.25) is 0 Å². The van der Waals surface area contributed by atoms with E-state index < -0.39 is 0 Å². The second-order valence-electron chi connectivity index (χ2n) is 4.56. The van der Waals surface area contributed by atoms with Crippen molar-refractivity contribution in [2.75, 3.05) is 0 Å². The van der Waals surface area contributed by atoms with Gasteiger partial charge in [-0.3, -0.25) is 4.79 Å². The first-order chi connectivity index (χ1) is 4.83. The van der Waals surface area contributed by atoms with Gasteiger partial charge in [-0.15, -0.1) is 12.4 Å². The van der Waals surface area contributed by atoms with E-state index in [1.807, 2.05) is 13.8 Å². The van der Waals surface area contributed by atoms with Gasteiger partial charge < -0.3 is 5.32 Å². The van der Waals surface area contributed by atoms with E-state index in [2.05, 4.69) is 19.2 Å². The number of ketones is 1. The van der Waals surface area contributed by atoms with Crippen molar-refractivity contribution in [1.29, 1.82) is 0 Å². The van der Waals surface area contributed by atoms with Crippen LogP contribution in [0.15, 0.2) is 0 Å². The molecular formula is C9H18ClNO. The molecule has 0 aromatic heterocycles. The summed E-state index contributed by atoms with van der Waals surface area (Å²) >= 11 is 0. The number of piperidine rings is 1. The molecule has 0 aromatic rings. The summed E-state index contributed by atoms with van der Waals surface area (Å²) in [7, 11) is 0. The van der Waals surface area contributed by atoms with Crippen LogP contribution < -0.4 is 5.32 Å². The van der Waals surface area contributed by atoms with E-state index in [0.717, 1.165) is 6.42 Å². The van der Waals surface area contributed by atoms with Crippen molar-refractivity contribution in [2.24, 2.45) is 0 Å². The molecule has 1 heterocycles. The minimum Gasteiger partial charge on any atom is -0.300 e. The predicted octanol–water partition coefficient (Wildman–Crippen LogP) is 1.92. The van der Waals surface area contributed by atoms with Crippen LogP contribution in [-0.2, 0) is 4.79 Å². The molecule has 72 valence electrons. The van der Waals surface area contributed by atoms with Crippen molar-refractivity contribution in [3.05, 3.63) is 0 Å². The lowest BCUT2D eigenvalue weighted by molar-refractivity contribution is -0.127. The van der Waals surface area contributed by atoms with Crippen molar-refractivity contribution in [2.45, 2.75) is 51.6 Å². The molecule has 2 nitrogen and oxygen atoms in total. The molecule has 1 saturated heterocycles. The highest BCUT2D eigenvalue weighted by atomic mass is 35.5. The molecule has 0 unspecified atom stereocenters. The van der Waals surface area contributed by atoms with Crippen molar-refractivity contribution < 1.29 is 4.79 Å². The van der Waals surface area contributed by atoms with E-state index in [0.29, 0.717) is 12.2 Å². The minimum atomic E-state index is -0.318. The average molecular weight is 192 g/mol. The zero-order valence-electron chi connectivity index (χ0n) is 8.23. The standard InChI is InChI=1S/C9H17NO.ClH/c1-8(2)6-5-7(11)9(3,4)10-8;/h10H,5-6H2,1-4H3;1H. The number of Topliss-reactive ketones (excluding diaryl/α,β-unsaturated/α-hetero) is 1. The third kappa shape index (κ3) is 2.46. The Balaban J connectivity index is 0.00000121. The molecule has 12 heavy (non-hydrogen) atoms. The van der Waals surface area contributed by atoms with Crippen LogP contribution in [0, 0.1) is 0 Å². The van der Waals surface area contributed by atoms with Crippen LogP contribution in [0.4, 0.5) is 0 Å². The molecule has 0 aliphatic carbocycles. The molecule has 1 rings (SSSR count). The Morgan fingerprint density at radius 1 is 1.25 bits per heavy atom. The summed E-state index contributed by atoms with van der Waals surface area (Å²) in [6.45, 7) is 8.19. The van der Waals surface area contributed by atoms with E-state index in [4.69, 9.17) is 0 Å². The molecule has 0 spiro atoms. The summed E-state index contributed by atoms with van der Waals surface area (Å²) in [6, 6.07) is 0. The fraction of sp³-hybridized carbons (Fsp3) is 0.889. The SMILES string of the molecule is CC1(C)CCC(=O)C(C)(C)N1.Cl. The Hall–Kier alpha value is -0.0800. The maximum absolute atomic E-state index is 11.3. The second-order valence-corrected chi connectivity index (χ2v) is 4.56. The number of hydrogen-bond acceptors (Lipinski definition) is 2. The number of halogens is 1. The van der Waals surface area contributed by atoms with Crippen molar-refractivity contribution >= 4 is 18.2 Å². The van der Waals surface area contributed by atoms with Crippen molar-refractivity contribution in [3.8, 4) is 0 Å². The molecule has 1 aliphatic rings. The number of carbonyl (C=O) groups is 1. The normalized spacial score (nSPS) is 26.2. The van der Waals surface area contributed by atoms with Crippen LogP contribution in [-0.4, -0.2) is 16.9 Å². The molecular weight excluding hydrogens is 174 g/mol. The number of rotatable bonds is 0. The monoisotopic (exact) mass is 191 g/mol. The van der Waals surface area contributed by atoms with Crippen LogP contribution in [0.3, 0.4) is 0 Å². The van der Waals surface area contributed by atoms with Crippen molar-refractivity contribution in [1.82, 2.24) is 5.32 Å². The average Bonchev–Trinajstić information content (AvgIpc) is 1.77. The maximum Gasteiger partial charge on any atom is 0.152 e. The van der Waals surface area contributed by atoms with Gasteiger partial charge in [-0.2, -0.15) is 0 Å². The van der Waals surface area contributed by atoms with Crippen molar-refractivity contribution in [3.63, 3.8) is 0 Å². The van der Waals surface area contributed by atoms with Gasteiger partial charge in [-0.25, -0.2) is 0 Å². The zero-order chi connectivity index (χ0) is 8.70. The van der Waals surface area contributed by atoms with Gasteiger partial charge in [-0.05, 0) is 34.1 Å². The van der Waals surface area contributed by atoms with E-state index in [-0.39, 0.29) is 23.5 Å². The van der Waals surface area contributed by atoms with Crippen LogP contribution in [0.2, 0.25) is 0 Å². The van der Waals surface area contributed by atoms with Gasteiger partial charge in [0.15, 0.2) is 5.78 Å². The van der Waals surface area contributed by atoms with E-state index >= 15 is 0 Å². The summed E-state index contributed by atoms with van der Waals surface area (Å²) in [5, 5.41) is 3.33. The zero-order valence-corrected chi connectivity index (χ0v) is 9.05. The van der Waals surface area contributed by atoms with Crippen LogP contribution in [0.25, 0.3) is 0 Å². The fourth-order valence-corrected chi connectivity index (χ4v) is 1.72. The van der Waals surface area contributed by atoms with Gasteiger partial charge >= 0.3 is 0 Å². The highest BCUT2D eigenvalue weighted by molar-refractivity contribution is 5.88. The highest BCUT2D eigenvalue weighted by Crippen LogP contribution is 2.24. The van der Waals surface area contributed by atoms with Crippen LogP contribution >= 0.6 is 12.4 Å². The molecule has 0 amide bonds. The van der Waals surface area contributed by atoms with Crippen LogP contribution in [0.5, 0.6) is 0 Å². The topological polar surface area (TPSA) is 29.1 Å². The molecule has 1 aliphatic heterocycles. The number of nitrogens with one attached hydrogen (secondary N) is 1. The first-order valence-corrected chi connectivity index (χ1v) is 4.16. The van der Waals surface area contributed by atoms with E-state index in [1.54, 1.807) is 0 Å². The lowest BCUT2D eigenvalue weighted by atomic mass is 9.82. The van der Waals surface area contributed by atoms with Gasteiger partial charge in [0, 0.05) is 12.0 Å². The smallest absolute Gasteiger partial charge is 0.152 e. The fourth-order valence-electron chi connectivity index (χ4n) is 1.72. The van der Waals surface area contributed by atoms with Gasteiger partial charge in [-0.1, -0.05) is 0 Å². The Kier molecular flexibility index (Phi) is 3.32. The van der Waals surface area contributed by atoms with Gasteiger partial charge in [0.1, 0.15) is 0 Å². The molecule has 0 atom stereocenters. The Morgan fingerprint density at radius 2 is 1.75 bits per heavy atom. The second kappa shape index (κ2) is 3.35. The quantitative estimate of drug-likeness (QED) is 0.634. The third-order valence-electron chi connectivity index (χ3n) is 2.33. The largest absolute Gasteiger partial charge is 0.300 e. The number of carbonyl (C=O) groups excluding carboxylic acids is 1. The van der Waals surface area contributed by atoms with E-state index in [9.17, 15) is 4.79 Å². The maximum atomic E-state index is 11.3.